The predicted molar refractivity (Wildman–Crippen MR) is 78.8 cm³/mol. The van der Waals surface area contributed by atoms with E-state index in [1.54, 1.807) is 12.1 Å². The molecule has 3 N–H and O–H groups in total. The molecule has 0 aliphatic heterocycles. The number of hydrogen-bond acceptors (Lipinski definition) is 6. The third-order valence-corrected chi connectivity index (χ3v) is 3.09. The lowest BCUT2D eigenvalue weighted by Crippen LogP contribution is -2.08. The van der Waals surface area contributed by atoms with Crippen molar-refractivity contribution in [3.8, 4) is 17.2 Å². The molecule has 0 spiro atoms. The summed E-state index contributed by atoms with van der Waals surface area (Å²) < 4.78 is 17.2. The molecule has 118 valence electrons. The summed E-state index contributed by atoms with van der Waals surface area (Å²) in [4.78, 5) is 10.9. The van der Waals surface area contributed by atoms with Crippen LogP contribution in [0.3, 0.4) is 0 Å². The fourth-order valence-corrected chi connectivity index (χ4v) is 2.06. The minimum absolute atomic E-state index is 0.107. The number of carboxylic acids is 1. The van der Waals surface area contributed by atoms with Crippen LogP contribution in [0, 0.1) is 0 Å². The molecule has 0 saturated carbocycles. The highest BCUT2D eigenvalue weighted by Crippen LogP contribution is 2.38. The van der Waals surface area contributed by atoms with Gasteiger partial charge in [0.15, 0.2) is 17.2 Å². The van der Waals surface area contributed by atoms with E-state index in [2.05, 4.69) is 5.10 Å². The van der Waals surface area contributed by atoms with Crippen molar-refractivity contribution in [1.82, 2.24) is 9.78 Å². The van der Waals surface area contributed by atoms with Gasteiger partial charge in [0.05, 0.1) is 27.9 Å². The number of carboxylic acid groups (broad SMARTS) is 1. The first kappa shape index (κ1) is 15.5. The van der Waals surface area contributed by atoms with Crippen LogP contribution in [0.5, 0.6) is 17.2 Å². The normalized spacial score (nSPS) is 10.3. The number of methoxy groups -OCH3 is 3. The smallest absolute Gasteiger partial charge is 0.356 e. The molecule has 1 heterocycles. The minimum atomic E-state index is -1.13. The number of aromatic nitrogens is 2. The number of nitrogens with zero attached hydrogens (tertiary/aromatic N) is 2. The topological polar surface area (TPSA) is 109 Å². The Hall–Kier alpha value is -2.90. The van der Waals surface area contributed by atoms with Crippen LogP contribution in [0.15, 0.2) is 18.2 Å². The second-order valence-electron chi connectivity index (χ2n) is 4.45. The third-order valence-electron chi connectivity index (χ3n) is 3.09. The lowest BCUT2D eigenvalue weighted by atomic mass is 10.2. The molecular formula is C14H17N3O5. The summed E-state index contributed by atoms with van der Waals surface area (Å²) in [5.41, 5.74) is 6.45. The molecule has 22 heavy (non-hydrogen) atoms. The molecule has 1 aromatic carbocycles. The maximum absolute atomic E-state index is 10.9. The van der Waals surface area contributed by atoms with E-state index in [9.17, 15) is 4.79 Å². The molecule has 0 aliphatic carbocycles. The van der Waals surface area contributed by atoms with Crippen LogP contribution in [0.2, 0.25) is 0 Å². The third kappa shape index (κ3) is 2.90. The number of hydrogen-bond donors (Lipinski definition) is 2. The maximum Gasteiger partial charge on any atom is 0.356 e. The van der Waals surface area contributed by atoms with Gasteiger partial charge >= 0.3 is 5.97 Å². The Morgan fingerprint density at radius 1 is 1.18 bits per heavy atom. The number of anilines is 1. The van der Waals surface area contributed by atoms with Gasteiger partial charge in [-0.25, -0.2) is 9.48 Å². The number of carbonyl (C=O) groups is 1. The number of nitrogens with two attached hydrogens (primary N) is 1. The monoisotopic (exact) mass is 307 g/mol. The van der Waals surface area contributed by atoms with E-state index in [4.69, 9.17) is 25.1 Å². The molecule has 8 heteroatoms. The zero-order chi connectivity index (χ0) is 16.3. The summed E-state index contributed by atoms with van der Waals surface area (Å²) in [5, 5.41) is 12.9. The summed E-state index contributed by atoms with van der Waals surface area (Å²) in [6.07, 6.45) is 0. The first-order valence-electron chi connectivity index (χ1n) is 6.35. The number of aromatic carboxylic acids is 1. The van der Waals surface area contributed by atoms with Crippen molar-refractivity contribution in [2.45, 2.75) is 6.54 Å². The lowest BCUT2D eigenvalue weighted by molar-refractivity contribution is 0.0689. The Bertz CT molecular complexity index is 671. The van der Waals surface area contributed by atoms with Crippen LogP contribution in [-0.2, 0) is 6.54 Å². The van der Waals surface area contributed by atoms with Crippen molar-refractivity contribution in [3.05, 3.63) is 29.5 Å². The van der Waals surface area contributed by atoms with E-state index >= 15 is 0 Å². The molecule has 0 saturated heterocycles. The van der Waals surface area contributed by atoms with Gasteiger partial charge in [-0.15, -0.1) is 0 Å². The standard InChI is InChI=1S/C14H17N3O5/c1-20-10-4-8(5-11(21-2)13(10)22-3)7-17-12(15)6-9(16-17)14(18)19/h4-6H,7,15H2,1-3H3,(H,18,19). The summed E-state index contributed by atoms with van der Waals surface area (Å²) in [6, 6.07) is 4.81. The van der Waals surface area contributed by atoms with Gasteiger partial charge in [-0.2, -0.15) is 5.10 Å². The Labute approximate surface area is 127 Å². The van der Waals surface area contributed by atoms with Crippen molar-refractivity contribution < 1.29 is 24.1 Å². The fraction of sp³-hybridized carbons (Fsp3) is 0.286. The van der Waals surface area contributed by atoms with Crippen LogP contribution < -0.4 is 19.9 Å². The van der Waals surface area contributed by atoms with Crippen molar-refractivity contribution in [3.63, 3.8) is 0 Å². The fourth-order valence-electron chi connectivity index (χ4n) is 2.06. The molecule has 8 nitrogen and oxygen atoms in total. The molecule has 0 radical (unpaired) electrons. The van der Waals surface area contributed by atoms with Gasteiger partial charge in [0.1, 0.15) is 5.82 Å². The van der Waals surface area contributed by atoms with Crippen LogP contribution in [0.4, 0.5) is 5.82 Å². The molecule has 0 fully saturated rings. The number of ether oxygens (including phenoxy) is 3. The molecule has 0 atom stereocenters. The highest BCUT2D eigenvalue weighted by Gasteiger charge is 2.15. The highest BCUT2D eigenvalue weighted by atomic mass is 16.5. The SMILES string of the molecule is COc1cc(Cn2nc(C(=O)O)cc2N)cc(OC)c1OC. The predicted octanol–water partition coefficient (Wildman–Crippen LogP) is 1.24. The Morgan fingerprint density at radius 2 is 1.77 bits per heavy atom. The Morgan fingerprint density at radius 3 is 2.18 bits per heavy atom. The molecule has 0 bridgehead atoms. The molecular weight excluding hydrogens is 290 g/mol. The van der Waals surface area contributed by atoms with E-state index in [0.29, 0.717) is 17.2 Å². The van der Waals surface area contributed by atoms with Crippen LogP contribution in [0.25, 0.3) is 0 Å². The maximum atomic E-state index is 10.9. The average molecular weight is 307 g/mol. The highest BCUT2D eigenvalue weighted by molar-refractivity contribution is 5.86. The van der Waals surface area contributed by atoms with Gasteiger partial charge < -0.3 is 25.1 Å². The van der Waals surface area contributed by atoms with E-state index in [-0.39, 0.29) is 18.1 Å². The summed E-state index contributed by atoms with van der Waals surface area (Å²) in [5.74, 6) is 0.608. The van der Waals surface area contributed by atoms with Gasteiger partial charge in [0.2, 0.25) is 5.75 Å². The van der Waals surface area contributed by atoms with Crippen LogP contribution in [-0.4, -0.2) is 42.2 Å². The van der Waals surface area contributed by atoms with Gasteiger partial charge in [0, 0.05) is 6.07 Å². The van der Waals surface area contributed by atoms with Crippen molar-refractivity contribution in [2.24, 2.45) is 0 Å². The van der Waals surface area contributed by atoms with Crippen LogP contribution >= 0.6 is 0 Å². The second-order valence-corrected chi connectivity index (χ2v) is 4.45. The molecule has 0 amide bonds. The van der Waals surface area contributed by atoms with Crippen molar-refractivity contribution in [2.75, 3.05) is 27.1 Å². The van der Waals surface area contributed by atoms with Gasteiger partial charge in [-0.1, -0.05) is 0 Å². The molecule has 2 rings (SSSR count). The largest absolute Gasteiger partial charge is 0.493 e. The first-order valence-corrected chi connectivity index (χ1v) is 6.35. The number of benzene rings is 1. The molecule has 0 unspecified atom stereocenters. The van der Waals surface area contributed by atoms with Gasteiger partial charge in [0.25, 0.3) is 0 Å². The summed E-state index contributed by atoms with van der Waals surface area (Å²) >= 11 is 0. The molecule has 2 aromatic rings. The molecule has 0 aliphatic rings. The number of rotatable bonds is 6. The van der Waals surface area contributed by atoms with Crippen molar-refractivity contribution >= 4 is 11.8 Å². The Kier molecular flexibility index (Phi) is 4.40. The van der Waals surface area contributed by atoms with E-state index < -0.39 is 5.97 Å². The zero-order valence-corrected chi connectivity index (χ0v) is 12.5. The van der Waals surface area contributed by atoms with E-state index in [1.807, 2.05) is 0 Å². The zero-order valence-electron chi connectivity index (χ0n) is 12.5. The Balaban J connectivity index is 2.39. The van der Waals surface area contributed by atoms with E-state index in [1.165, 1.54) is 32.1 Å². The lowest BCUT2D eigenvalue weighted by Gasteiger charge is -2.14. The minimum Gasteiger partial charge on any atom is -0.493 e. The van der Waals surface area contributed by atoms with Gasteiger partial charge in [-0.05, 0) is 17.7 Å². The second kappa shape index (κ2) is 6.25. The summed E-state index contributed by atoms with van der Waals surface area (Å²) in [7, 11) is 4.56. The van der Waals surface area contributed by atoms with Crippen LogP contribution in [0.1, 0.15) is 16.1 Å². The van der Waals surface area contributed by atoms with E-state index in [0.717, 1.165) is 5.56 Å². The molecule has 1 aromatic heterocycles. The number of nitrogen functional groups attached to an aromatic ring is 1. The van der Waals surface area contributed by atoms with Gasteiger partial charge in [-0.3, -0.25) is 0 Å². The van der Waals surface area contributed by atoms with Crippen molar-refractivity contribution in [1.29, 1.82) is 0 Å². The summed E-state index contributed by atoms with van der Waals surface area (Å²) in [6.45, 7) is 0.274. The average Bonchev–Trinajstić information content (AvgIpc) is 2.87. The quantitative estimate of drug-likeness (QED) is 0.826. The first-order chi connectivity index (χ1) is 10.5.